The summed E-state index contributed by atoms with van der Waals surface area (Å²) < 4.78 is 16.6. The number of nitrogens with one attached hydrogen (secondary N) is 1. The fourth-order valence-electron chi connectivity index (χ4n) is 3.77. The van der Waals surface area contributed by atoms with Gasteiger partial charge in [0.25, 0.3) is 0 Å². The van der Waals surface area contributed by atoms with Gasteiger partial charge in [-0.05, 0) is 54.4 Å². The number of amides is 2. The molecule has 2 amide bonds. The molecule has 2 rings (SSSR count). The number of hydrogen-bond acceptors (Lipinski definition) is 6. The Balaban J connectivity index is 1.89. The molecule has 2 fully saturated rings. The number of esters is 1. The van der Waals surface area contributed by atoms with Crippen LogP contribution in [0.15, 0.2) is 0 Å². The summed E-state index contributed by atoms with van der Waals surface area (Å²) in [5.74, 6) is -0.397. The van der Waals surface area contributed by atoms with Crippen molar-refractivity contribution in [2.24, 2.45) is 0 Å². The van der Waals surface area contributed by atoms with Gasteiger partial charge in [-0.2, -0.15) is 0 Å². The van der Waals surface area contributed by atoms with Crippen LogP contribution in [0.5, 0.6) is 0 Å². The van der Waals surface area contributed by atoms with E-state index in [0.717, 1.165) is 19.3 Å². The predicted octanol–water partition coefficient (Wildman–Crippen LogP) is 4.16. The Kier molecular flexibility index (Phi) is 7.64. The molecule has 8 heteroatoms. The zero-order valence-corrected chi connectivity index (χ0v) is 19.3. The Bertz CT molecular complexity index is 621. The molecule has 8 nitrogen and oxygen atoms in total. The third kappa shape index (κ3) is 7.36. The minimum atomic E-state index is -1.03. The zero-order valence-electron chi connectivity index (χ0n) is 19.3. The average Bonchev–Trinajstić information content (AvgIpc) is 2.60. The Morgan fingerprint density at radius 3 is 1.90 bits per heavy atom. The number of hydrogen-bond donors (Lipinski definition) is 1. The van der Waals surface area contributed by atoms with E-state index in [0.29, 0.717) is 38.8 Å². The van der Waals surface area contributed by atoms with Crippen molar-refractivity contribution in [2.75, 3.05) is 13.1 Å². The van der Waals surface area contributed by atoms with Crippen LogP contribution >= 0.6 is 0 Å². The van der Waals surface area contributed by atoms with Crippen LogP contribution in [0.2, 0.25) is 0 Å². The monoisotopic (exact) mass is 426 g/mol. The van der Waals surface area contributed by atoms with Gasteiger partial charge in [-0.25, -0.2) is 14.4 Å². The molecule has 1 saturated carbocycles. The fraction of sp³-hybridized carbons (Fsp3) is 0.864. The first-order valence-electron chi connectivity index (χ1n) is 11.0. The summed E-state index contributed by atoms with van der Waals surface area (Å²) in [6.07, 6.45) is 3.66. The van der Waals surface area contributed by atoms with Gasteiger partial charge in [0, 0.05) is 25.9 Å². The number of alkyl carbamates (subject to hydrolysis) is 1. The lowest BCUT2D eigenvalue weighted by Crippen LogP contribution is -2.58. The molecule has 0 aromatic carbocycles. The largest absolute Gasteiger partial charge is 0.458 e. The Labute approximate surface area is 180 Å². The summed E-state index contributed by atoms with van der Waals surface area (Å²) in [5, 5.41) is 2.83. The van der Waals surface area contributed by atoms with Crippen LogP contribution in [-0.4, -0.2) is 59.0 Å². The van der Waals surface area contributed by atoms with Crippen molar-refractivity contribution in [1.82, 2.24) is 10.2 Å². The maximum Gasteiger partial charge on any atom is 0.410 e. The van der Waals surface area contributed by atoms with Crippen molar-refractivity contribution in [3.63, 3.8) is 0 Å². The van der Waals surface area contributed by atoms with E-state index in [1.165, 1.54) is 0 Å². The molecule has 1 aliphatic heterocycles. The molecule has 30 heavy (non-hydrogen) atoms. The quantitative estimate of drug-likeness (QED) is 0.538. The van der Waals surface area contributed by atoms with Crippen molar-refractivity contribution in [3.8, 4) is 0 Å². The highest BCUT2D eigenvalue weighted by Gasteiger charge is 2.44. The summed E-state index contributed by atoms with van der Waals surface area (Å²) in [5.41, 5.74) is -2.19. The first-order chi connectivity index (χ1) is 13.8. The van der Waals surface area contributed by atoms with Gasteiger partial charge in [-0.15, -0.1) is 0 Å². The first kappa shape index (κ1) is 24.3. The van der Waals surface area contributed by atoms with Gasteiger partial charge in [0.15, 0.2) is 0 Å². The molecule has 1 aliphatic carbocycles. The van der Waals surface area contributed by atoms with Crippen molar-refractivity contribution in [2.45, 2.75) is 109 Å². The molecule has 0 spiro atoms. The normalized spacial score (nSPS) is 20.3. The highest BCUT2D eigenvalue weighted by atomic mass is 16.6. The van der Waals surface area contributed by atoms with Crippen LogP contribution in [-0.2, 0) is 19.0 Å². The Hall–Kier alpha value is -1.99. The summed E-state index contributed by atoms with van der Waals surface area (Å²) in [6.45, 7) is 11.9. The number of rotatable bonds is 3. The Morgan fingerprint density at radius 2 is 1.40 bits per heavy atom. The molecule has 1 saturated heterocycles. The number of carbonyl (C=O) groups is 3. The van der Waals surface area contributed by atoms with E-state index in [1.54, 1.807) is 4.90 Å². The van der Waals surface area contributed by atoms with Crippen LogP contribution in [0.3, 0.4) is 0 Å². The summed E-state index contributed by atoms with van der Waals surface area (Å²) in [4.78, 5) is 39.3. The minimum absolute atomic E-state index is 0.303. The molecule has 172 valence electrons. The van der Waals surface area contributed by atoms with Crippen LogP contribution < -0.4 is 5.32 Å². The maximum atomic E-state index is 12.8. The molecule has 0 aromatic heterocycles. The molecule has 1 N–H and O–H groups in total. The lowest BCUT2D eigenvalue weighted by molar-refractivity contribution is -0.164. The van der Waals surface area contributed by atoms with Crippen molar-refractivity contribution in [3.05, 3.63) is 0 Å². The fourth-order valence-corrected chi connectivity index (χ4v) is 3.77. The number of likely N-dealkylation sites (tertiary alicyclic amines) is 1. The van der Waals surface area contributed by atoms with E-state index >= 15 is 0 Å². The lowest BCUT2D eigenvalue weighted by Gasteiger charge is -2.38. The average molecular weight is 427 g/mol. The topological polar surface area (TPSA) is 94.2 Å². The molecule has 1 heterocycles. The molecule has 2 aliphatic rings. The summed E-state index contributed by atoms with van der Waals surface area (Å²) in [7, 11) is 0. The standard InChI is InChI=1S/C22H38N2O6/c1-20(2,3)29-17(25)22(12-8-7-9-13-22)23-18(26)28-16-10-14-24(15-11-16)19(27)30-21(4,5)6/h16H,7-15H2,1-6H3,(H,23,26). The highest BCUT2D eigenvalue weighted by molar-refractivity contribution is 5.86. The van der Waals surface area contributed by atoms with Gasteiger partial charge in [0.1, 0.15) is 22.8 Å². The van der Waals surface area contributed by atoms with Crippen LogP contribution in [0.1, 0.15) is 86.5 Å². The smallest absolute Gasteiger partial charge is 0.410 e. The van der Waals surface area contributed by atoms with Crippen LogP contribution in [0, 0.1) is 0 Å². The van der Waals surface area contributed by atoms with Gasteiger partial charge in [0.05, 0.1) is 0 Å². The Morgan fingerprint density at radius 1 is 0.867 bits per heavy atom. The van der Waals surface area contributed by atoms with E-state index < -0.39 is 28.8 Å². The van der Waals surface area contributed by atoms with E-state index in [2.05, 4.69) is 5.32 Å². The van der Waals surface area contributed by atoms with Gasteiger partial charge >= 0.3 is 18.2 Å². The first-order valence-corrected chi connectivity index (χ1v) is 11.0. The maximum absolute atomic E-state index is 12.8. The number of nitrogens with zero attached hydrogens (tertiary/aromatic N) is 1. The van der Waals surface area contributed by atoms with Crippen LogP contribution in [0.25, 0.3) is 0 Å². The SMILES string of the molecule is CC(C)(C)OC(=O)N1CCC(OC(=O)NC2(C(=O)OC(C)(C)C)CCCCC2)CC1. The highest BCUT2D eigenvalue weighted by Crippen LogP contribution is 2.31. The van der Waals surface area contributed by atoms with Crippen LogP contribution in [0.4, 0.5) is 9.59 Å². The molecular formula is C22H38N2O6. The lowest BCUT2D eigenvalue weighted by atomic mass is 9.81. The molecular weight excluding hydrogens is 388 g/mol. The molecule has 0 unspecified atom stereocenters. The van der Waals surface area contributed by atoms with E-state index in [-0.39, 0.29) is 12.2 Å². The summed E-state index contributed by atoms with van der Waals surface area (Å²) >= 11 is 0. The summed E-state index contributed by atoms with van der Waals surface area (Å²) in [6, 6.07) is 0. The van der Waals surface area contributed by atoms with Crippen molar-refractivity contribution >= 4 is 18.2 Å². The third-order valence-electron chi connectivity index (χ3n) is 5.21. The number of piperidine rings is 1. The second kappa shape index (κ2) is 9.43. The molecule has 0 atom stereocenters. The zero-order chi connectivity index (χ0) is 22.6. The second-order valence-electron chi connectivity index (χ2n) is 10.3. The van der Waals surface area contributed by atoms with Gasteiger partial charge in [-0.1, -0.05) is 19.3 Å². The number of carbonyl (C=O) groups excluding carboxylic acids is 3. The van der Waals surface area contributed by atoms with Crippen molar-refractivity contribution in [1.29, 1.82) is 0 Å². The minimum Gasteiger partial charge on any atom is -0.458 e. The third-order valence-corrected chi connectivity index (χ3v) is 5.21. The van der Waals surface area contributed by atoms with E-state index in [9.17, 15) is 14.4 Å². The van der Waals surface area contributed by atoms with E-state index in [1.807, 2.05) is 41.5 Å². The van der Waals surface area contributed by atoms with Crippen molar-refractivity contribution < 1.29 is 28.6 Å². The van der Waals surface area contributed by atoms with Gasteiger partial charge in [-0.3, -0.25) is 0 Å². The van der Waals surface area contributed by atoms with E-state index in [4.69, 9.17) is 14.2 Å². The van der Waals surface area contributed by atoms with Gasteiger partial charge in [0.2, 0.25) is 0 Å². The number of ether oxygens (including phenoxy) is 3. The molecule has 0 radical (unpaired) electrons. The second-order valence-corrected chi connectivity index (χ2v) is 10.3. The molecule has 0 aromatic rings. The predicted molar refractivity (Wildman–Crippen MR) is 112 cm³/mol. The van der Waals surface area contributed by atoms with Gasteiger partial charge < -0.3 is 24.4 Å². The molecule has 0 bridgehead atoms.